The van der Waals surface area contributed by atoms with E-state index < -0.39 is 11.7 Å². The number of methoxy groups -OCH3 is 1. The molecule has 0 bridgehead atoms. The van der Waals surface area contributed by atoms with Crippen LogP contribution in [0.4, 0.5) is 4.39 Å². The van der Waals surface area contributed by atoms with Gasteiger partial charge in [0.1, 0.15) is 17.6 Å². The molecule has 0 aromatic heterocycles. The number of nitrogens with two attached hydrogens (primary N) is 1. The van der Waals surface area contributed by atoms with Crippen LogP contribution >= 0.6 is 0 Å². The van der Waals surface area contributed by atoms with E-state index in [4.69, 9.17) is 15.7 Å². The quantitative estimate of drug-likeness (QED) is 0.756. The summed E-state index contributed by atoms with van der Waals surface area (Å²) < 4.78 is 17.8. The fraction of sp³-hybridized carbons (Fsp3) is 0.111. The maximum absolute atomic E-state index is 13.0. The lowest BCUT2D eigenvalue weighted by Crippen LogP contribution is -2.13. The first-order valence-corrected chi connectivity index (χ1v) is 3.67. The Morgan fingerprint density at radius 3 is 2.71 bits per heavy atom. The molecule has 2 N–H and O–H groups in total. The third-order valence-electron chi connectivity index (χ3n) is 1.68. The SMILES string of the molecule is COc1cc(C#N)c(F)cc1C(N)=O. The van der Waals surface area contributed by atoms with Crippen molar-refractivity contribution < 1.29 is 13.9 Å². The summed E-state index contributed by atoms with van der Waals surface area (Å²) in [6, 6.07) is 3.65. The number of hydrogen-bond acceptors (Lipinski definition) is 3. The summed E-state index contributed by atoms with van der Waals surface area (Å²) in [4.78, 5) is 10.8. The first kappa shape index (κ1) is 9.99. The van der Waals surface area contributed by atoms with Crippen LogP contribution in [0.15, 0.2) is 12.1 Å². The summed E-state index contributed by atoms with van der Waals surface area (Å²) in [6.45, 7) is 0. The second-order valence-electron chi connectivity index (χ2n) is 2.51. The number of nitriles is 1. The number of primary amides is 1. The van der Waals surface area contributed by atoms with Crippen LogP contribution in [0.25, 0.3) is 0 Å². The minimum atomic E-state index is -0.801. The third kappa shape index (κ3) is 1.64. The Morgan fingerprint density at radius 2 is 2.29 bits per heavy atom. The molecule has 5 heteroatoms. The highest BCUT2D eigenvalue weighted by molar-refractivity contribution is 5.95. The van der Waals surface area contributed by atoms with Gasteiger partial charge in [-0.25, -0.2) is 4.39 Å². The van der Waals surface area contributed by atoms with E-state index in [0.29, 0.717) is 0 Å². The Labute approximate surface area is 79.7 Å². The molecule has 0 aliphatic heterocycles. The van der Waals surface area contributed by atoms with Gasteiger partial charge in [-0.3, -0.25) is 4.79 Å². The molecule has 0 spiro atoms. The van der Waals surface area contributed by atoms with Crippen molar-refractivity contribution in [3.63, 3.8) is 0 Å². The molecule has 0 aliphatic carbocycles. The molecule has 72 valence electrons. The zero-order valence-corrected chi connectivity index (χ0v) is 7.37. The van der Waals surface area contributed by atoms with Crippen LogP contribution in [0.3, 0.4) is 0 Å². The summed E-state index contributed by atoms with van der Waals surface area (Å²) in [5.74, 6) is -1.50. The highest BCUT2D eigenvalue weighted by atomic mass is 19.1. The van der Waals surface area contributed by atoms with Crippen molar-refractivity contribution in [1.29, 1.82) is 5.26 Å². The maximum atomic E-state index is 13.0. The number of halogens is 1. The zero-order valence-electron chi connectivity index (χ0n) is 7.37. The summed E-state index contributed by atoms with van der Waals surface area (Å²) in [5, 5.41) is 8.51. The van der Waals surface area contributed by atoms with Crippen LogP contribution in [-0.2, 0) is 0 Å². The molecule has 1 amide bonds. The van der Waals surface area contributed by atoms with E-state index in [-0.39, 0.29) is 16.9 Å². The van der Waals surface area contributed by atoms with Gasteiger partial charge < -0.3 is 10.5 Å². The van der Waals surface area contributed by atoms with Crippen molar-refractivity contribution in [3.8, 4) is 11.8 Å². The lowest BCUT2D eigenvalue weighted by molar-refractivity contribution is 0.0997. The molecular weight excluding hydrogens is 187 g/mol. The molecule has 0 aliphatic rings. The number of carbonyl (C=O) groups excluding carboxylic acids is 1. The van der Waals surface area contributed by atoms with Crippen molar-refractivity contribution >= 4 is 5.91 Å². The predicted octanol–water partition coefficient (Wildman–Crippen LogP) is 0.805. The molecule has 0 unspecified atom stereocenters. The molecule has 4 nitrogen and oxygen atoms in total. The van der Waals surface area contributed by atoms with Gasteiger partial charge in [0, 0.05) is 6.07 Å². The van der Waals surface area contributed by atoms with Gasteiger partial charge >= 0.3 is 0 Å². The number of ether oxygens (including phenoxy) is 1. The fourth-order valence-electron chi connectivity index (χ4n) is 1.00. The molecule has 0 saturated carbocycles. The number of rotatable bonds is 2. The highest BCUT2D eigenvalue weighted by Gasteiger charge is 2.13. The Bertz CT molecular complexity index is 424. The summed E-state index contributed by atoms with van der Waals surface area (Å²) in [7, 11) is 1.31. The number of hydrogen-bond donors (Lipinski definition) is 1. The van der Waals surface area contributed by atoms with Crippen molar-refractivity contribution in [2.45, 2.75) is 0 Å². The molecule has 0 fully saturated rings. The molecule has 1 aromatic carbocycles. The smallest absolute Gasteiger partial charge is 0.252 e. The minimum absolute atomic E-state index is 0.0796. The van der Waals surface area contributed by atoms with Crippen LogP contribution in [0.5, 0.6) is 5.75 Å². The van der Waals surface area contributed by atoms with Gasteiger partial charge in [-0.15, -0.1) is 0 Å². The number of benzene rings is 1. The average molecular weight is 194 g/mol. The average Bonchev–Trinajstić information content (AvgIpc) is 2.17. The van der Waals surface area contributed by atoms with Crippen molar-refractivity contribution in [1.82, 2.24) is 0 Å². The molecule has 0 atom stereocenters. The van der Waals surface area contributed by atoms with E-state index in [1.54, 1.807) is 6.07 Å². The monoisotopic (exact) mass is 194 g/mol. The van der Waals surface area contributed by atoms with Crippen LogP contribution < -0.4 is 10.5 Å². The van der Waals surface area contributed by atoms with E-state index in [0.717, 1.165) is 12.1 Å². The largest absolute Gasteiger partial charge is 0.496 e. The van der Waals surface area contributed by atoms with Gasteiger partial charge in [-0.05, 0) is 6.07 Å². The number of nitrogens with zero attached hydrogens (tertiary/aromatic N) is 1. The highest BCUT2D eigenvalue weighted by Crippen LogP contribution is 2.21. The van der Waals surface area contributed by atoms with Crippen molar-refractivity contribution in [2.24, 2.45) is 5.73 Å². The molecule has 0 radical (unpaired) electrons. The summed E-state index contributed by atoms with van der Waals surface area (Å²) in [6.07, 6.45) is 0. The fourth-order valence-corrected chi connectivity index (χ4v) is 1.00. The third-order valence-corrected chi connectivity index (χ3v) is 1.68. The normalized spacial score (nSPS) is 9.21. The summed E-state index contributed by atoms with van der Waals surface area (Å²) in [5.41, 5.74) is 4.71. The van der Waals surface area contributed by atoms with E-state index in [1.165, 1.54) is 7.11 Å². The topological polar surface area (TPSA) is 76.1 Å². The van der Waals surface area contributed by atoms with Gasteiger partial charge in [0.15, 0.2) is 0 Å². The van der Waals surface area contributed by atoms with E-state index >= 15 is 0 Å². The van der Waals surface area contributed by atoms with Crippen LogP contribution in [-0.4, -0.2) is 13.0 Å². The molecule has 14 heavy (non-hydrogen) atoms. The zero-order chi connectivity index (χ0) is 10.7. The molecule has 1 rings (SSSR count). The van der Waals surface area contributed by atoms with Gasteiger partial charge in [-0.2, -0.15) is 5.26 Å². The molecular formula is C9H7FN2O2. The van der Waals surface area contributed by atoms with Gasteiger partial charge in [-0.1, -0.05) is 0 Å². The Hall–Kier alpha value is -2.09. The Morgan fingerprint density at radius 1 is 1.64 bits per heavy atom. The number of carbonyl (C=O) groups is 1. The van der Waals surface area contributed by atoms with Gasteiger partial charge in [0.05, 0.1) is 18.2 Å². The summed E-state index contributed by atoms with van der Waals surface area (Å²) >= 11 is 0. The van der Waals surface area contributed by atoms with E-state index in [1.807, 2.05) is 0 Å². The van der Waals surface area contributed by atoms with Crippen molar-refractivity contribution in [3.05, 3.63) is 29.1 Å². The standard InChI is InChI=1S/C9H7FN2O2/c1-14-8-2-5(4-11)7(10)3-6(8)9(12)13/h2-3H,1H3,(H2,12,13). The lowest BCUT2D eigenvalue weighted by atomic mass is 10.1. The first-order valence-electron chi connectivity index (χ1n) is 3.67. The van der Waals surface area contributed by atoms with Gasteiger partial charge in [0.2, 0.25) is 0 Å². The van der Waals surface area contributed by atoms with Crippen LogP contribution in [0.1, 0.15) is 15.9 Å². The first-order chi connectivity index (χ1) is 6.60. The van der Waals surface area contributed by atoms with E-state index in [9.17, 15) is 9.18 Å². The minimum Gasteiger partial charge on any atom is -0.496 e. The second-order valence-corrected chi connectivity index (χ2v) is 2.51. The number of amides is 1. The molecule has 0 saturated heterocycles. The molecule has 0 heterocycles. The second kappa shape index (κ2) is 3.75. The van der Waals surface area contributed by atoms with E-state index in [2.05, 4.69) is 0 Å². The van der Waals surface area contributed by atoms with Crippen LogP contribution in [0, 0.1) is 17.1 Å². The van der Waals surface area contributed by atoms with Crippen molar-refractivity contribution in [2.75, 3.05) is 7.11 Å². The Kier molecular flexibility index (Phi) is 2.67. The van der Waals surface area contributed by atoms with Gasteiger partial charge in [0.25, 0.3) is 5.91 Å². The predicted molar refractivity (Wildman–Crippen MR) is 46.2 cm³/mol. The lowest BCUT2D eigenvalue weighted by Gasteiger charge is -2.05. The van der Waals surface area contributed by atoms with Crippen LogP contribution in [0.2, 0.25) is 0 Å². The Balaban J connectivity index is 3.41. The maximum Gasteiger partial charge on any atom is 0.252 e. The molecule has 1 aromatic rings.